The molecule has 29 heavy (non-hydrogen) atoms. The Labute approximate surface area is 175 Å². The maximum absolute atomic E-state index is 12.3. The second-order valence-electron chi connectivity index (χ2n) is 6.11. The van der Waals surface area contributed by atoms with Crippen LogP contribution in [0.3, 0.4) is 0 Å². The third kappa shape index (κ3) is 6.13. The standard InChI is InChI=1S/C21H19N3O3S2/c1-16-7-13-20(14-8-16)29(25,26)27-19-11-9-17(10-12-19)15-22-24-21(28)23-18-5-3-2-4-6-18/h2-15H,1H3,(H2,23,24,28)/b22-15+. The van der Waals surface area contributed by atoms with Gasteiger partial charge in [0, 0.05) is 5.69 Å². The van der Waals surface area contributed by atoms with Crippen molar-refractivity contribution < 1.29 is 12.6 Å². The van der Waals surface area contributed by atoms with E-state index in [4.69, 9.17) is 16.4 Å². The normalized spacial score (nSPS) is 11.2. The molecular weight excluding hydrogens is 406 g/mol. The van der Waals surface area contributed by atoms with Crippen LogP contribution in [0.1, 0.15) is 11.1 Å². The lowest BCUT2D eigenvalue weighted by Gasteiger charge is -2.08. The van der Waals surface area contributed by atoms with Gasteiger partial charge in [0.05, 0.1) is 6.21 Å². The molecule has 3 aromatic rings. The Bertz CT molecular complexity index is 1100. The van der Waals surface area contributed by atoms with Crippen molar-refractivity contribution >= 4 is 39.4 Å². The van der Waals surface area contributed by atoms with Crippen LogP contribution >= 0.6 is 12.2 Å². The molecule has 0 atom stereocenters. The van der Waals surface area contributed by atoms with Gasteiger partial charge in [-0.25, -0.2) is 0 Å². The zero-order valence-corrected chi connectivity index (χ0v) is 17.2. The number of nitrogens with one attached hydrogen (secondary N) is 2. The third-order valence-corrected chi connectivity index (χ3v) is 5.26. The first-order valence-electron chi connectivity index (χ1n) is 8.69. The number of thiocarbonyl (C=S) groups is 1. The molecule has 3 rings (SSSR count). The van der Waals surface area contributed by atoms with E-state index in [1.807, 2.05) is 37.3 Å². The Hall–Kier alpha value is -3.23. The van der Waals surface area contributed by atoms with Crippen molar-refractivity contribution in [3.63, 3.8) is 0 Å². The zero-order valence-electron chi connectivity index (χ0n) is 15.6. The summed E-state index contributed by atoms with van der Waals surface area (Å²) >= 11 is 5.16. The molecule has 0 radical (unpaired) electrons. The predicted molar refractivity (Wildman–Crippen MR) is 119 cm³/mol. The molecule has 0 unspecified atom stereocenters. The number of benzene rings is 3. The van der Waals surface area contributed by atoms with Gasteiger partial charge in [-0.1, -0.05) is 35.9 Å². The third-order valence-electron chi connectivity index (χ3n) is 3.81. The van der Waals surface area contributed by atoms with E-state index in [1.54, 1.807) is 42.6 Å². The number of rotatable bonds is 6. The van der Waals surface area contributed by atoms with Crippen molar-refractivity contribution in [2.75, 3.05) is 5.32 Å². The molecule has 0 aliphatic heterocycles. The molecule has 3 aromatic carbocycles. The van der Waals surface area contributed by atoms with Gasteiger partial charge in [-0.2, -0.15) is 13.5 Å². The van der Waals surface area contributed by atoms with E-state index >= 15 is 0 Å². The monoisotopic (exact) mass is 425 g/mol. The molecule has 0 heterocycles. The van der Waals surface area contributed by atoms with Gasteiger partial charge in [-0.05, 0) is 73.2 Å². The minimum atomic E-state index is -3.87. The van der Waals surface area contributed by atoms with E-state index < -0.39 is 10.1 Å². The summed E-state index contributed by atoms with van der Waals surface area (Å²) in [7, 11) is -3.87. The molecule has 0 aromatic heterocycles. The molecule has 2 N–H and O–H groups in total. The van der Waals surface area contributed by atoms with E-state index in [9.17, 15) is 8.42 Å². The SMILES string of the molecule is Cc1ccc(S(=O)(=O)Oc2ccc(/C=N/NC(=S)Nc3ccccc3)cc2)cc1. The van der Waals surface area contributed by atoms with Crippen molar-refractivity contribution in [2.45, 2.75) is 11.8 Å². The summed E-state index contributed by atoms with van der Waals surface area (Å²) in [6.07, 6.45) is 1.57. The average Bonchev–Trinajstić information content (AvgIpc) is 2.70. The summed E-state index contributed by atoms with van der Waals surface area (Å²) in [5, 5.41) is 7.42. The number of anilines is 1. The number of hydrogen-bond donors (Lipinski definition) is 2. The second kappa shape index (κ2) is 9.31. The van der Waals surface area contributed by atoms with Crippen molar-refractivity contribution in [3.05, 3.63) is 90.0 Å². The Morgan fingerprint density at radius 3 is 2.28 bits per heavy atom. The topological polar surface area (TPSA) is 79.8 Å². The lowest BCUT2D eigenvalue weighted by Crippen LogP contribution is -2.23. The Kier molecular flexibility index (Phi) is 6.58. The zero-order chi connectivity index (χ0) is 20.7. The fraction of sp³-hybridized carbons (Fsp3) is 0.0476. The van der Waals surface area contributed by atoms with Crippen LogP contribution in [-0.2, 0) is 10.1 Å². The van der Waals surface area contributed by atoms with E-state index in [2.05, 4.69) is 15.8 Å². The van der Waals surface area contributed by atoms with Gasteiger partial charge < -0.3 is 9.50 Å². The molecule has 0 bridgehead atoms. The highest BCUT2D eigenvalue weighted by Gasteiger charge is 2.16. The predicted octanol–water partition coefficient (Wildman–Crippen LogP) is 4.08. The Morgan fingerprint density at radius 1 is 0.966 bits per heavy atom. The largest absolute Gasteiger partial charge is 0.379 e. The highest BCUT2D eigenvalue weighted by Crippen LogP contribution is 2.19. The van der Waals surface area contributed by atoms with Crippen LogP contribution in [0.2, 0.25) is 0 Å². The second-order valence-corrected chi connectivity index (χ2v) is 8.06. The molecule has 0 fully saturated rings. The minimum absolute atomic E-state index is 0.109. The van der Waals surface area contributed by atoms with Gasteiger partial charge in [0.1, 0.15) is 10.6 Å². The number of hydrazone groups is 1. The lowest BCUT2D eigenvalue weighted by atomic mass is 10.2. The number of para-hydroxylation sites is 1. The van der Waals surface area contributed by atoms with Crippen molar-refractivity contribution in [1.82, 2.24) is 5.43 Å². The van der Waals surface area contributed by atoms with Crippen molar-refractivity contribution in [1.29, 1.82) is 0 Å². The van der Waals surface area contributed by atoms with Gasteiger partial charge >= 0.3 is 10.1 Å². The highest BCUT2D eigenvalue weighted by atomic mass is 32.2. The van der Waals surface area contributed by atoms with Crippen LogP contribution in [0, 0.1) is 6.92 Å². The molecule has 8 heteroatoms. The first kappa shape index (κ1) is 20.5. The van der Waals surface area contributed by atoms with Gasteiger partial charge in [0.2, 0.25) is 0 Å². The maximum atomic E-state index is 12.3. The van der Waals surface area contributed by atoms with Crippen LogP contribution < -0.4 is 14.9 Å². The van der Waals surface area contributed by atoms with Gasteiger partial charge in [-0.15, -0.1) is 0 Å². The Morgan fingerprint density at radius 2 is 1.62 bits per heavy atom. The first-order valence-corrected chi connectivity index (χ1v) is 10.5. The number of nitrogens with zero attached hydrogens (tertiary/aromatic N) is 1. The minimum Gasteiger partial charge on any atom is -0.379 e. The molecule has 6 nitrogen and oxygen atoms in total. The van der Waals surface area contributed by atoms with Gasteiger partial charge in [0.25, 0.3) is 0 Å². The summed E-state index contributed by atoms with van der Waals surface area (Å²) < 4.78 is 29.8. The van der Waals surface area contributed by atoms with E-state index in [0.717, 1.165) is 16.8 Å². The van der Waals surface area contributed by atoms with Crippen LogP contribution in [0.15, 0.2) is 88.9 Å². The van der Waals surface area contributed by atoms with Crippen LogP contribution in [0.5, 0.6) is 5.75 Å². The molecule has 0 aliphatic rings. The van der Waals surface area contributed by atoms with E-state index in [1.165, 1.54) is 12.1 Å². The summed E-state index contributed by atoms with van der Waals surface area (Å²) in [6.45, 7) is 1.89. The van der Waals surface area contributed by atoms with Crippen molar-refractivity contribution in [3.8, 4) is 5.75 Å². The molecular formula is C21H19N3O3S2. The average molecular weight is 426 g/mol. The molecule has 0 spiro atoms. The quantitative estimate of drug-likeness (QED) is 0.268. The molecule has 148 valence electrons. The highest BCUT2D eigenvalue weighted by molar-refractivity contribution is 7.87. The smallest absolute Gasteiger partial charge is 0.339 e. The maximum Gasteiger partial charge on any atom is 0.339 e. The summed E-state index contributed by atoms with van der Waals surface area (Å²) in [5.74, 6) is 0.219. The molecule has 0 aliphatic carbocycles. The lowest BCUT2D eigenvalue weighted by molar-refractivity contribution is 0.486. The fourth-order valence-corrected chi connectivity index (χ4v) is 3.44. The summed E-state index contributed by atoms with van der Waals surface area (Å²) in [5.41, 5.74) is 5.30. The molecule has 0 saturated heterocycles. The number of hydrogen-bond acceptors (Lipinski definition) is 5. The van der Waals surface area contributed by atoms with Crippen LogP contribution in [0.25, 0.3) is 0 Å². The first-order chi connectivity index (χ1) is 13.9. The van der Waals surface area contributed by atoms with E-state index in [0.29, 0.717) is 5.11 Å². The molecule has 0 saturated carbocycles. The van der Waals surface area contributed by atoms with Gasteiger partial charge in [-0.3, -0.25) is 5.43 Å². The number of aryl methyl sites for hydroxylation is 1. The van der Waals surface area contributed by atoms with E-state index in [-0.39, 0.29) is 10.6 Å². The van der Waals surface area contributed by atoms with Crippen LogP contribution in [0.4, 0.5) is 5.69 Å². The molecule has 0 amide bonds. The van der Waals surface area contributed by atoms with Crippen molar-refractivity contribution in [2.24, 2.45) is 5.10 Å². The fourth-order valence-electron chi connectivity index (χ4n) is 2.34. The van der Waals surface area contributed by atoms with Gasteiger partial charge in [0.15, 0.2) is 5.11 Å². The van der Waals surface area contributed by atoms with Crippen LogP contribution in [-0.4, -0.2) is 19.7 Å². The summed E-state index contributed by atoms with van der Waals surface area (Å²) in [4.78, 5) is 0.109. The Balaban J connectivity index is 1.56. The summed E-state index contributed by atoms with van der Waals surface area (Å²) in [6, 6.07) is 22.5.